The molecular formula is C11H16N4OS. The molecule has 6 heteroatoms. The highest BCUT2D eigenvalue weighted by molar-refractivity contribution is 7.09. The normalized spacial score (nSPS) is 12.8. The lowest BCUT2D eigenvalue weighted by Gasteiger charge is -2.16. The molecule has 0 aliphatic heterocycles. The predicted octanol–water partition coefficient (Wildman–Crippen LogP) is 1.20. The highest BCUT2D eigenvalue weighted by Gasteiger charge is 2.18. The summed E-state index contributed by atoms with van der Waals surface area (Å²) in [4.78, 5) is 8.52. The fraction of sp³-hybridized carbons (Fsp3) is 0.455. The van der Waals surface area contributed by atoms with Crippen molar-refractivity contribution in [1.29, 1.82) is 0 Å². The third-order valence-electron chi connectivity index (χ3n) is 2.50. The molecule has 92 valence electrons. The largest absolute Gasteiger partial charge is 0.383 e. The first-order chi connectivity index (χ1) is 8.33. The van der Waals surface area contributed by atoms with Crippen molar-refractivity contribution in [2.45, 2.75) is 6.04 Å². The van der Waals surface area contributed by atoms with Crippen LogP contribution in [-0.4, -0.2) is 34.8 Å². The molecular weight excluding hydrogens is 236 g/mol. The highest BCUT2D eigenvalue weighted by atomic mass is 32.1. The molecule has 2 heterocycles. The number of aromatic nitrogens is 3. The molecule has 1 atom stereocenters. The maximum absolute atomic E-state index is 5.06. The van der Waals surface area contributed by atoms with E-state index >= 15 is 0 Å². The minimum Gasteiger partial charge on any atom is -0.383 e. The van der Waals surface area contributed by atoms with Gasteiger partial charge in [0.15, 0.2) is 0 Å². The number of rotatable bonds is 6. The first kappa shape index (κ1) is 12.2. The van der Waals surface area contributed by atoms with E-state index in [0.717, 1.165) is 17.2 Å². The number of aryl methyl sites for hydroxylation is 1. The summed E-state index contributed by atoms with van der Waals surface area (Å²) in [7, 11) is 3.69. The van der Waals surface area contributed by atoms with Crippen molar-refractivity contribution in [3.05, 3.63) is 34.8 Å². The van der Waals surface area contributed by atoms with Crippen LogP contribution in [0.5, 0.6) is 0 Å². The molecule has 2 rings (SSSR count). The second-order valence-electron chi connectivity index (χ2n) is 3.68. The lowest BCUT2D eigenvalue weighted by atomic mass is 10.2. The van der Waals surface area contributed by atoms with Crippen LogP contribution in [0.3, 0.4) is 0 Å². The third-order valence-corrected chi connectivity index (χ3v) is 3.34. The smallest absolute Gasteiger partial charge is 0.116 e. The zero-order chi connectivity index (χ0) is 12.1. The van der Waals surface area contributed by atoms with E-state index in [0.29, 0.717) is 6.61 Å². The lowest BCUT2D eigenvalue weighted by molar-refractivity contribution is 0.197. The Kier molecular flexibility index (Phi) is 4.24. The molecule has 0 saturated carbocycles. The molecule has 17 heavy (non-hydrogen) atoms. The number of methoxy groups -OCH3 is 1. The Morgan fingerprint density at radius 2 is 2.47 bits per heavy atom. The Balaban J connectivity index is 2.16. The number of imidazole rings is 1. The van der Waals surface area contributed by atoms with Gasteiger partial charge in [-0.05, 0) is 0 Å². The number of thiazole rings is 1. The van der Waals surface area contributed by atoms with Gasteiger partial charge < -0.3 is 14.6 Å². The van der Waals surface area contributed by atoms with Gasteiger partial charge in [-0.3, -0.25) is 0 Å². The van der Waals surface area contributed by atoms with E-state index in [1.54, 1.807) is 24.8 Å². The standard InChI is InChI=1S/C11H16N4OS/c1-15-8-12-7-9(15)10(13-3-5-16-2)11-14-4-6-17-11/h4,6-8,10,13H,3,5H2,1-2H3. The minimum absolute atomic E-state index is 0.0812. The topological polar surface area (TPSA) is 52.0 Å². The second kappa shape index (κ2) is 5.90. The maximum Gasteiger partial charge on any atom is 0.116 e. The highest BCUT2D eigenvalue weighted by Crippen LogP contribution is 2.22. The van der Waals surface area contributed by atoms with E-state index in [1.165, 1.54) is 0 Å². The predicted molar refractivity (Wildman–Crippen MR) is 67.0 cm³/mol. The Morgan fingerprint density at radius 1 is 1.59 bits per heavy atom. The van der Waals surface area contributed by atoms with E-state index in [2.05, 4.69) is 15.3 Å². The SMILES string of the molecule is COCCNC(c1nccs1)c1cncn1C. The van der Waals surface area contributed by atoms with Crippen LogP contribution in [0.1, 0.15) is 16.7 Å². The van der Waals surface area contributed by atoms with Gasteiger partial charge in [0, 0.05) is 32.3 Å². The zero-order valence-electron chi connectivity index (χ0n) is 9.96. The molecule has 5 nitrogen and oxygen atoms in total. The summed E-state index contributed by atoms with van der Waals surface area (Å²) in [5.41, 5.74) is 1.11. The minimum atomic E-state index is 0.0812. The molecule has 0 saturated heterocycles. The van der Waals surface area contributed by atoms with Gasteiger partial charge >= 0.3 is 0 Å². The number of nitrogens with one attached hydrogen (secondary N) is 1. The molecule has 0 fully saturated rings. The summed E-state index contributed by atoms with van der Waals surface area (Å²) >= 11 is 1.64. The molecule has 1 unspecified atom stereocenters. The molecule has 0 radical (unpaired) electrons. The Bertz CT molecular complexity index is 440. The summed E-state index contributed by atoms with van der Waals surface area (Å²) in [6.07, 6.45) is 5.49. The van der Waals surface area contributed by atoms with E-state index in [1.807, 2.05) is 29.4 Å². The zero-order valence-corrected chi connectivity index (χ0v) is 10.8. The van der Waals surface area contributed by atoms with Crippen molar-refractivity contribution in [3.8, 4) is 0 Å². The fourth-order valence-corrected chi connectivity index (χ4v) is 2.37. The summed E-state index contributed by atoms with van der Waals surface area (Å²) in [6.45, 7) is 1.46. The van der Waals surface area contributed by atoms with E-state index in [-0.39, 0.29) is 6.04 Å². The van der Waals surface area contributed by atoms with Gasteiger partial charge in [0.05, 0.1) is 24.8 Å². The average Bonchev–Trinajstić information content (AvgIpc) is 2.96. The van der Waals surface area contributed by atoms with Crippen molar-refractivity contribution in [2.75, 3.05) is 20.3 Å². The molecule has 0 amide bonds. The van der Waals surface area contributed by atoms with Crippen molar-refractivity contribution in [1.82, 2.24) is 19.9 Å². The summed E-state index contributed by atoms with van der Waals surface area (Å²) in [5, 5.41) is 6.46. The van der Waals surface area contributed by atoms with Crippen molar-refractivity contribution in [3.63, 3.8) is 0 Å². The van der Waals surface area contributed by atoms with Crippen LogP contribution in [-0.2, 0) is 11.8 Å². The molecule has 0 aliphatic rings. The Labute approximate surface area is 104 Å². The van der Waals surface area contributed by atoms with Crippen LogP contribution in [0.15, 0.2) is 24.1 Å². The van der Waals surface area contributed by atoms with Gasteiger partial charge in [0.25, 0.3) is 0 Å². The first-order valence-corrected chi connectivity index (χ1v) is 6.29. The number of ether oxygens (including phenoxy) is 1. The summed E-state index contributed by atoms with van der Waals surface area (Å²) < 4.78 is 7.06. The van der Waals surface area contributed by atoms with Gasteiger partial charge in [0.1, 0.15) is 11.0 Å². The van der Waals surface area contributed by atoms with E-state index in [4.69, 9.17) is 4.74 Å². The Morgan fingerprint density at radius 3 is 3.06 bits per heavy atom. The molecule has 2 aromatic heterocycles. The number of nitrogens with zero attached hydrogens (tertiary/aromatic N) is 3. The summed E-state index contributed by atoms with van der Waals surface area (Å²) in [6, 6.07) is 0.0812. The van der Waals surface area contributed by atoms with Gasteiger partial charge in [-0.15, -0.1) is 11.3 Å². The van der Waals surface area contributed by atoms with Gasteiger partial charge in [-0.25, -0.2) is 9.97 Å². The average molecular weight is 252 g/mol. The van der Waals surface area contributed by atoms with Crippen molar-refractivity contribution < 1.29 is 4.74 Å². The number of hydrogen-bond acceptors (Lipinski definition) is 5. The second-order valence-corrected chi connectivity index (χ2v) is 4.61. The maximum atomic E-state index is 5.06. The van der Waals surface area contributed by atoms with Gasteiger partial charge in [-0.2, -0.15) is 0 Å². The fourth-order valence-electron chi connectivity index (χ4n) is 1.65. The van der Waals surface area contributed by atoms with Crippen LogP contribution in [0.4, 0.5) is 0 Å². The molecule has 0 bridgehead atoms. The third kappa shape index (κ3) is 2.91. The monoisotopic (exact) mass is 252 g/mol. The van der Waals surface area contributed by atoms with Crippen molar-refractivity contribution in [2.24, 2.45) is 7.05 Å². The van der Waals surface area contributed by atoms with E-state index in [9.17, 15) is 0 Å². The van der Waals surface area contributed by atoms with Crippen LogP contribution in [0.25, 0.3) is 0 Å². The van der Waals surface area contributed by atoms with Crippen LogP contribution in [0.2, 0.25) is 0 Å². The molecule has 0 aromatic carbocycles. The Hall–Kier alpha value is -1.24. The number of hydrogen-bond donors (Lipinski definition) is 1. The van der Waals surface area contributed by atoms with E-state index < -0.39 is 0 Å². The quantitative estimate of drug-likeness (QED) is 0.785. The van der Waals surface area contributed by atoms with Crippen molar-refractivity contribution >= 4 is 11.3 Å². The van der Waals surface area contributed by atoms with Gasteiger partial charge in [-0.1, -0.05) is 0 Å². The van der Waals surface area contributed by atoms with Crippen LogP contribution < -0.4 is 5.32 Å². The van der Waals surface area contributed by atoms with Crippen LogP contribution >= 0.6 is 11.3 Å². The first-order valence-electron chi connectivity index (χ1n) is 5.41. The molecule has 2 aromatic rings. The molecule has 0 aliphatic carbocycles. The van der Waals surface area contributed by atoms with Crippen LogP contribution in [0, 0.1) is 0 Å². The van der Waals surface area contributed by atoms with Gasteiger partial charge in [0.2, 0.25) is 0 Å². The summed E-state index contributed by atoms with van der Waals surface area (Å²) in [5.74, 6) is 0. The lowest BCUT2D eigenvalue weighted by Crippen LogP contribution is -2.27. The molecule has 0 spiro atoms. The molecule has 1 N–H and O–H groups in total.